The van der Waals surface area contributed by atoms with Crippen molar-refractivity contribution in [2.75, 3.05) is 26.0 Å². The van der Waals surface area contributed by atoms with Gasteiger partial charge in [0.25, 0.3) is 0 Å². The number of carbonyl (C=O) groups is 1. The SMILES string of the molecule is COC(=O)c1ccc(S(=O)(=O)NCCCCO)c(N)c1. The van der Waals surface area contributed by atoms with E-state index in [1.807, 2.05) is 0 Å². The third-order valence-electron chi connectivity index (χ3n) is 2.60. The van der Waals surface area contributed by atoms with Crippen LogP contribution in [0.5, 0.6) is 0 Å². The lowest BCUT2D eigenvalue weighted by Gasteiger charge is -2.10. The first-order valence-corrected chi connectivity index (χ1v) is 7.49. The topological polar surface area (TPSA) is 119 Å². The van der Waals surface area contributed by atoms with E-state index in [1.54, 1.807) is 0 Å². The Labute approximate surface area is 117 Å². The van der Waals surface area contributed by atoms with Crippen molar-refractivity contribution in [1.82, 2.24) is 4.72 Å². The first-order valence-electron chi connectivity index (χ1n) is 6.00. The molecule has 0 bridgehead atoms. The number of carbonyl (C=O) groups excluding carboxylic acids is 1. The van der Waals surface area contributed by atoms with Crippen LogP contribution < -0.4 is 10.5 Å². The molecule has 0 unspecified atom stereocenters. The maximum atomic E-state index is 12.0. The van der Waals surface area contributed by atoms with Crippen LogP contribution in [-0.2, 0) is 14.8 Å². The first-order chi connectivity index (χ1) is 9.42. The maximum absolute atomic E-state index is 12.0. The minimum Gasteiger partial charge on any atom is -0.465 e. The third-order valence-corrected chi connectivity index (χ3v) is 4.13. The Balaban J connectivity index is 2.88. The van der Waals surface area contributed by atoms with Crippen molar-refractivity contribution < 1.29 is 23.1 Å². The summed E-state index contributed by atoms with van der Waals surface area (Å²) >= 11 is 0. The van der Waals surface area contributed by atoms with Crippen molar-refractivity contribution in [3.63, 3.8) is 0 Å². The summed E-state index contributed by atoms with van der Waals surface area (Å²) in [5.41, 5.74) is 5.82. The predicted octanol–water partition coefficient (Wildman–Crippen LogP) is 0.106. The van der Waals surface area contributed by atoms with E-state index in [0.717, 1.165) is 0 Å². The number of methoxy groups -OCH3 is 1. The Hall–Kier alpha value is -1.64. The molecule has 1 aromatic rings. The Morgan fingerprint density at radius 2 is 2.10 bits per heavy atom. The van der Waals surface area contributed by atoms with Crippen LogP contribution in [0.3, 0.4) is 0 Å². The highest BCUT2D eigenvalue weighted by Gasteiger charge is 2.18. The number of unbranched alkanes of at least 4 members (excludes halogenated alkanes) is 1. The van der Waals surface area contributed by atoms with E-state index < -0.39 is 16.0 Å². The molecule has 0 aromatic heterocycles. The van der Waals surface area contributed by atoms with Crippen molar-refractivity contribution in [3.8, 4) is 0 Å². The Morgan fingerprint density at radius 1 is 1.40 bits per heavy atom. The van der Waals surface area contributed by atoms with Gasteiger partial charge in [-0.2, -0.15) is 0 Å². The summed E-state index contributed by atoms with van der Waals surface area (Å²) in [5, 5.41) is 8.62. The first kappa shape index (κ1) is 16.4. The Kier molecular flexibility index (Phi) is 5.93. The molecule has 0 aliphatic heterocycles. The molecule has 112 valence electrons. The molecule has 8 heteroatoms. The van der Waals surface area contributed by atoms with Crippen LogP contribution in [0.25, 0.3) is 0 Å². The highest BCUT2D eigenvalue weighted by molar-refractivity contribution is 7.89. The van der Waals surface area contributed by atoms with Crippen molar-refractivity contribution >= 4 is 21.7 Å². The standard InChI is InChI=1S/C12H18N2O5S/c1-19-12(16)9-4-5-11(10(13)8-9)20(17,18)14-6-2-3-7-15/h4-5,8,14-15H,2-3,6-7,13H2,1H3. The number of nitrogen functional groups attached to an aromatic ring is 1. The summed E-state index contributed by atoms with van der Waals surface area (Å²) in [6.45, 7) is 0.221. The highest BCUT2D eigenvalue weighted by Crippen LogP contribution is 2.20. The normalized spacial score (nSPS) is 11.3. The van der Waals surface area contributed by atoms with Crippen LogP contribution in [0.15, 0.2) is 23.1 Å². The number of aliphatic hydroxyl groups excluding tert-OH is 1. The van der Waals surface area contributed by atoms with Gasteiger partial charge in [-0.05, 0) is 31.0 Å². The second kappa shape index (κ2) is 7.22. The van der Waals surface area contributed by atoms with Gasteiger partial charge in [-0.15, -0.1) is 0 Å². The van der Waals surface area contributed by atoms with Gasteiger partial charge in [0.2, 0.25) is 10.0 Å². The molecule has 4 N–H and O–H groups in total. The van der Waals surface area contributed by atoms with Crippen LogP contribution in [0, 0.1) is 0 Å². The van der Waals surface area contributed by atoms with Gasteiger partial charge >= 0.3 is 5.97 Å². The van der Waals surface area contributed by atoms with Gasteiger partial charge in [-0.3, -0.25) is 0 Å². The number of esters is 1. The number of sulfonamides is 1. The largest absolute Gasteiger partial charge is 0.465 e. The van der Waals surface area contributed by atoms with Crippen molar-refractivity contribution in [3.05, 3.63) is 23.8 Å². The fourth-order valence-electron chi connectivity index (χ4n) is 1.56. The predicted molar refractivity (Wildman–Crippen MR) is 73.7 cm³/mol. The molecule has 1 aromatic carbocycles. The zero-order chi connectivity index (χ0) is 15.2. The van der Waals surface area contributed by atoms with Crippen molar-refractivity contribution in [2.24, 2.45) is 0 Å². The molecule has 0 amide bonds. The van der Waals surface area contributed by atoms with E-state index in [4.69, 9.17) is 10.8 Å². The number of rotatable bonds is 7. The summed E-state index contributed by atoms with van der Waals surface area (Å²) in [5.74, 6) is -0.587. The van der Waals surface area contributed by atoms with Gasteiger partial charge in [-0.1, -0.05) is 0 Å². The third kappa shape index (κ3) is 4.19. The number of nitrogens with one attached hydrogen (secondary N) is 1. The molecule has 0 aliphatic rings. The van der Waals surface area contributed by atoms with Crippen molar-refractivity contribution in [2.45, 2.75) is 17.7 Å². The summed E-state index contributed by atoms with van der Waals surface area (Å²) < 4.78 is 30.9. The van der Waals surface area contributed by atoms with Crippen LogP contribution in [0.2, 0.25) is 0 Å². The Morgan fingerprint density at radius 3 is 2.65 bits per heavy atom. The number of anilines is 1. The molecule has 0 aliphatic carbocycles. The number of hydrogen-bond donors (Lipinski definition) is 3. The van der Waals surface area contributed by atoms with E-state index in [1.165, 1.54) is 25.3 Å². The average Bonchev–Trinajstić information content (AvgIpc) is 2.42. The van der Waals surface area contributed by atoms with E-state index in [0.29, 0.717) is 12.8 Å². The van der Waals surface area contributed by atoms with Crippen LogP contribution in [0.4, 0.5) is 5.69 Å². The zero-order valence-electron chi connectivity index (χ0n) is 11.1. The lowest BCUT2D eigenvalue weighted by Crippen LogP contribution is -2.26. The van der Waals surface area contributed by atoms with E-state index in [9.17, 15) is 13.2 Å². The Bertz CT molecular complexity index is 571. The molecule has 0 fully saturated rings. The summed E-state index contributed by atoms with van der Waals surface area (Å²) in [6, 6.07) is 3.86. The molecule has 0 radical (unpaired) electrons. The van der Waals surface area contributed by atoms with Crippen LogP contribution >= 0.6 is 0 Å². The van der Waals surface area contributed by atoms with Gasteiger partial charge in [0.15, 0.2) is 0 Å². The quantitative estimate of drug-likeness (QED) is 0.373. The summed E-state index contributed by atoms with van der Waals surface area (Å²) in [6.07, 6.45) is 1.04. The van der Waals surface area contributed by atoms with Gasteiger partial charge in [0, 0.05) is 13.2 Å². The summed E-state index contributed by atoms with van der Waals surface area (Å²) in [7, 11) is -2.50. The highest BCUT2D eigenvalue weighted by atomic mass is 32.2. The second-order valence-corrected chi connectivity index (χ2v) is 5.81. The fraction of sp³-hybridized carbons (Fsp3) is 0.417. The molecule has 1 rings (SSSR count). The fourth-order valence-corrected chi connectivity index (χ4v) is 2.74. The minimum absolute atomic E-state index is 0.0116. The van der Waals surface area contributed by atoms with Gasteiger partial charge in [0.05, 0.1) is 18.4 Å². The van der Waals surface area contributed by atoms with Crippen LogP contribution in [0.1, 0.15) is 23.2 Å². The number of hydrogen-bond acceptors (Lipinski definition) is 6. The lowest BCUT2D eigenvalue weighted by atomic mass is 10.2. The maximum Gasteiger partial charge on any atom is 0.337 e. The molecule has 0 atom stereocenters. The van der Waals surface area contributed by atoms with Gasteiger partial charge in [0.1, 0.15) is 4.90 Å². The van der Waals surface area contributed by atoms with Gasteiger partial charge in [-0.25, -0.2) is 17.9 Å². The molecule has 0 spiro atoms. The number of nitrogens with two attached hydrogens (primary N) is 1. The molecule has 0 saturated carbocycles. The molecular formula is C12H18N2O5S. The monoisotopic (exact) mass is 302 g/mol. The smallest absolute Gasteiger partial charge is 0.337 e. The molecule has 0 saturated heterocycles. The number of benzene rings is 1. The van der Waals surface area contributed by atoms with E-state index >= 15 is 0 Å². The van der Waals surface area contributed by atoms with Crippen LogP contribution in [-0.4, -0.2) is 39.8 Å². The summed E-state index contributed by atoms with van der Waals surface area (Å²) in [4.78, 5) is 11.2. The van der Waals surface area contributed by atoms with Gasteiger partial charge < -0.3 is 15.6 Å². The number of ether oxygens (including phenoxy) is 1. The zero-order valence-corrected chi connectivity index (χ0v) is 11.9. The second-order valence-electron chi connectivity index (χ2n) is 4.07. The average molecular weight is 302 g/mol. The lowest BCUT2D eigenvalue weighted by molar-refractivity contribution is 0.0600. The number of aliphatic hydroxyl groups is 1. The molecule has 0 heterocycles. The molecular weight excluding hydrogens is 284 g/mol. The molecule has 7 nitrogen and oxygen atoms in total. The van der Waals surface area contributed by atoms with E-state index in [2.05, 4.69) is 9.46 Å². The molecule has 20 heavy (non-hydrogen) atoms. The minimum atomic E-state index is -3.73. The van der Waals surface area contributed by atoms with E-state index in [-0.39, 0.29) is 29.3 Å². The van der Waals surface area contributed by atoms with Crippen molar-refractivity contribution in [1.29, 1.82) is 0 Å².